The van der Waals surface area contributed by atoms with Gasteiger partial charge in [0.15, 0.2) is 17.7 Å². The van der Waals surface area contributed by atoms with Gasteiger partial charge in [-0.15, -0.1) is 0 Å². The van der Waals surface area contributed by atoms with Crippen LogP contribution < -0.4 is 25.5 Å². The summed E-state index contributed by atoms with van der Waals surface area (Å²) < 4.78 is 16.3. The topological polar surface area (TPSA) is 131 Å². The number of rotatable bonds is 11. The summed E-state index contributed by atoms with van der Waals surface area (Å²) in [7, 11) is 1.28. The number of nitrogens with one attached hydrogen (secondary N) is 3. The van der Waals surface area contributed by atoms with E-state index < -0.39 is 24.3 Å². The lowest BCUT2D eigenvalue weighted by atomic mass is 9.95. The number of benzene rings is 2. The summed E-state index contributed by atoms with van der Waals surface area (Å²) in [4.78, 5) is 24.4. The smallest absolute Gasteiger partial charge is 0.337 e. The molecule has 2 aromatic rings. The van der Waals surface area contributed by atoms with Gasteiger partial charge in [0.1, 0.15) is 6.61 Å². The normalized spacial score (nSPS) is 16.4. The number of nitrogens with zero attached hydrogens (tertiary/aromatic N) is 1. The Kier molecular flexibility index (Phi) is 9.47. The largest absolute Gasteiger partial charge is 0.490 e. The van der Waals surface area contributed by atoms with Gasteiger partial charge in [0.05, 0.1) is 25.3 Å². The maximum atomic E-state index is 12.3. The molecule has 10 heteroatoms. The van der Waals surface area contributed by atoms with Crippen LogP contribution in [-0.4, -0.2) is 49.9 Å². The Labute approximate surface area is 209 Å². The van der Waals surface area contributed by atoms with Crippen LogP contribution in [0.4, 0.5) is 4.79 Å². The molecule has 1 aliphatic heterocycles. The van der Waals surface area contributed by atoms with Crippen molar-refractivity contribution < 1.29 is 28.9 Å². The van der Waals surface area contributed by atoms with Crippen molar-refractivity contribution >= 4 is 24.3 Å². The molecule has 0 saturated heterocycles. The van der Waals surface area contributed by atoms with E-state index in [1.807, 2.05) is 43.3 Å². The third kappa shape index (κ3) is 7.09. The molecule has 0 fully saturated rings. The van der Waals surface area contributed by atoms with Gasteiger partial charge in [0.25, 0.3) is 0 Å². The highest BCUT2D eigenvalue weighted by Crippen LogP contribution is 2.34. The van der Waals surface area contributed by atoms with E-state index in [0.717, 1.165) is 5.56 Å². The highest BCUT2D eigenvalue weighted by molar-refractivity contribution is 5.95. The number of aliphatic hydroxyl groups excluding tert-OH is 1. The van der Waals surface area contributed by atoms with E-state index in [-0.39, 0.29) is 12.2 Å². The van der Waals surface area contributed by atoms with Crippen LogP contribution in [0.3, 0.4) is 0 Å². The number of hydrazone groups is 1. The minimum Gasteiger partial charge on any atom is -0.490 e. The number of hydrogen-bond acceptors (Lipinski definition) is 8. The van der Waals surface area contributed by atoms with Gasteiger partial charge in [0, 0.05) is 11.9 Å². The number of methoxy groups -OCH3 is 1. The summed E-state index contributed by atoms with van der Waals surface area (Å²) in [5, 5.41) is 19.4. The molecule has 1 heterocycles. The van der Waals surface area contributed by atoms with Crippen molar-refractivity contribution in [2.24, 2.45) is 5.10 Å². The lowest BCUT2D eigenvalue weighted by Gasteiger charge is -2.28. The number of amides is 2. The molecule has 36 heavy (non-hydrogen) atoms. The maximum absolute atomic E-state index is 12.3. The van der Waals surface area contributed by atoms with Crippen molar-refractivity contribution in [3.8, 4) is 11.5 Å². The molecular formula is C26H30N4O6. The number of allylic oxidation sites excluding steroid dienone is 2. The van der Waals surface area contributed by atoms with Crippen molar-refractivity contribution in [1.29, 1.82) is 0 Å². The molecule has 2 aromatic carbocycles. The Morgan fingerprint density at radius 2 is 1.97 bits per heavy atom. The maximum Gasteiger partial charge on any atom is 0.337 e. The Hall–Kier alpha value is -4.31. The molecule has 0 bridgehead atoms. The molecule has 0 radical (unpaired) electrons. The molecule has 0 saturated carbocycles. The summed E-state index contributed by atoms with van der Waals surface area (Å²) in [6, 6.07) is 13.6. The number of carbonyl (C=O) groups excluding carboxylic acids is 2. The van der Waals surface area contributed by atoms with Gasteiger partial charge in [0.2, 0.25) is 0 Å². The number of urea groups is 1. The first kappa shape index (κ1) is 26.3. The molecule has 0 spiro atoms. The molecule has 0 unspecified atom stereocenters. The minimum atomic E-state index is -1.07. The van der Waals surface area contributed by atoms with E-state index in [2.05, 4.69) is 21.2 Å². The van der Waals surface area contributed by atoms with Crippen LogP contribution in [0.2, 0.25) is 0 Å². The van der Waals surface area contributed by atoms with E-state index in [0.29, 0.717) is 29.4 Å². The summed E-state index contributed by atoms with van der Waals surface area (Å²) in [5.74, 6) is 0.220. The molecule has 3 rings (SSSR count). The fourth-order valence-corrected chi connectivity index (χ4v) is 3.51. The van der Waals surface area contributed by atoms with Crippen LogP contribution in [0.25, 0.3) is 6.08 Å². The van der Waals surface area contributed by atoms with Gasteiger partial charge >= 0.3 is 12.0 Å². The van der Waals surface area contributed by atoms with Crippen molar-refractivity contribution in [1.82, 2.24) is 16.1 Å². The first-order valence-corrected chi connectivity index (χ1v) is 11.4. The molecular weight excluding hydrogens is 464 g/mol. The third-order valence-electron chi connectivity index (χ3n) is 5.14. The number of aliphatic hydroxyl groups is 1. The van der Waals surface area contributed by atoms with E-state index in [9.17, 15) is 14.7 Å². The molecule has 0 aliphatic carbocycles. The second-order valence-corrected chi connectivity index (χ2v) is 7.70. The Balaban J connectivity index is 1.65. The molecule has 1 aliphatic rings. The second kappa shape index (κ2) is 13.0. The minimum absolute atomic E-state index is 0.102. The van der Waals surface area contributed by atoms with Crippen molar-refractivity contribution in [3.05, 3.63) is 77.0 Å². The van der Waals surface area contributed by atoms with Crippen molar-refractivity contribution in [3.63, 3.8) is 0 Å². The fraction of sp³-hybridized carbons (Fsp3) is 0.269. The van der Waals surface area contributed by atoms with E-state index in [4.69, 9.17) is 14.2 Å². The summed E-state index contributed by atoms with van der Waals surface area (Å²) in [5.41, 5.74) is 4.91. The van der Waals surface area contributed by atoms with E-state index in [1.54, 1.807) is 31.2 Å². The predicted molar refractivity (Wildman–Crippen MR) is 135 cm³/mol. The fourth-order valence-electron chi connectivity index (χ4n) is 3.51. The first-order valence-electron chi connectivity index (χ1n) is 11.4. The zero-order chi connectivity index (χ0) is 25.9. The Morgan fingerprint density at radius 1 is 1.19 bits per heavy atom. The summed E-state index contributed by atoms with van der Waals surface area (Å²) in [6.45, 7) is 3.71. The first-order chi connectivity index (χ1) is 17.4. The van der Waals surface area contributed by atoms with Gasteiger partial charge in [-0.1, -0.05) is 42.5 Å². The zero-order valence-corrected chi connectivity index (χ0v) is 20.4. The second-order valence-electron chi connectivity index (χ2n) is 7.70. The standard InChI is InChI=1S/C26H30N4O6/c1-4-35-21-15-19(24-23(25(32)34-3)17(2)28-26(33)29-24)12-13-20(21)36-16-22(31)30-27-14-8-11-18-9-6-5-7-10-18/h5-15,22,24,30-31H,4,16H2,1-3H3,(H2,28,29,33)/b11-8+,27-14-/t22-,24+/m0/s1. The van der Waals surface area contributed by atoms with E-state index >= 15 is 0 Å². The summed E-state index contributed by atoms with van der Waals surface area (Å²) in [6.07, 6.45) is 4.09. The van der Waals surface area contributed by atoms with Gasteiger partial charge < -0.3 is 30.0 Å². The molecule has 2 amide bonds. The van der Waals surface area contributed by atoms with Gasteiger partial charge in [-0.3, -0.25) is 5.43 Å². The van der Waals surface area contributed by atoms with E-state index in [1.165, 1.54) is 13.3 Å². The summed E-state index contributed by atoms with van der Waals surface area (Å²) >= 11 is 0. The van der Waals surface area contributed by atoms with Gasteiger partial charge in [-0.25, -0.2) is 9.59 Å². The highest BCUT2D eigenvalue weighted by Gasteiger charge is 2.32. The van der Waals surface area contributed by atoms with Gasteiger partial charge in [-0.2, -0.15) is 5.10 Å². The molecule has 0 aromatic heterocycles. The third-order valence-corrected chi connectivity index (χ3v) is 5.14. The number of carbonyl (C=O) groups is 2. The lowest BCUT2D eigenvalue weighted by Crippen LogP contribution is -2.45. The van der Waals surface area contributed by atoms with Crippen LogP contribution in [0.1, 0.15) is 31.0 Å². The quantitative estimate of drug-likeness (QED) is 0.164. The number of esters is 1. The number of ether oxygens (including phenoxy) is 3. The Bertz CT molecular complexity index is 1150. The number of hydrogen-bond donors (Lipinski definition) is 4. The average Bonchev–Trinajstić information content (AvgIpc) is 2.87. The van der Waals surface area contributed by atoms with Crippen LogP contribution in [0, 0.1) is 0 Å². The zero-order valence-electron chi connectivity index (χ0n) is 20.4. The van der Waals surface area contributed by atoms with Gasteiger partial charge in [-0.05, 0) is 43.2 Å². The molecule has 2 atom stereocenters. The molecule has 10 nitrogen and oxygen atoms in total. The SMILES string of the molecule is CCOc1cc([C@H]2NC(=O)NC(C)=C2C(=O)OC)ccc1OC[C@H](O)N/N=C\C=C\c1ccccc1. The average molecular weight is 495 g/mol. The Morgan fingerprint density at radius 3 is 2.69 bits per heavy atom. The molecule has 4 N–H and O–H groups in total. The van der Waals surface area contributed by atoms with Crippen molar-refractivity contribution in [2.45, 2.75) is 26.1 Å². The van der Waals surface area contributed by atoms with Crippen LogP contribution in [-0.2, 0) is 9.53 Å². The lowest BCUT2D eigenvalue weighted by molar-refractivity contribution is -0.136. The van der Waals surface area contributed by atoms with Crippen LogP contribution in [0.5, 0.6) is 11.5 Å². The predicted octanol–water partition coefficient (Wildman–Crippen LogP) is 2.87. The van der Waals surface area contributed by atoms with Crippen LogP contribution >= 0.6 is 0 Å². The van der Waals surface area contributed by atoms with Crippen molar-refractivity contribution in [2.75, 3.05) is 20.3 Å². The van der Waals surface area contributed by atoms with Crippen LogP contribution in [0.15, 0.2) is 71.0 Å². The molecule has 190 valence electrons. The monoisotopic (exact) mass is 494 g/mol. The highest BCUT2D eigenvalue weighted by atomic mass is 16.5.